The van der Waals surface area contributed by atoms with Crippen molar-refractivity contribution in [2.24, 2.45) is 4.99 Å². The van der Waals surface area contributed by atoms with Gasteiger partial charge in [-0.3, -0.25) is 0 Å². The first-order chi connectivity index (χ1) is 13.1. The van der Waals surface area contributed by atoms with Gasteiger partial charge in [-0.05, 0) is 28.9 Å². The summed E-state index contributed by atoms with van der Waals surface area (Å²) in [6, 6.07) is 31.0. The van der Waals surface area contributed by atoms with Gasteiger partial charge in [-0.25, -0.2) is 4.99 Å². The standard InChI is InChI=1S/C23H23N3S/c1-26(2)18-24-22(27)25-23(19-12-6-3-7-13-19,20-14-8-4-9-15-20)21-16-10-5-11-17-21/h3-18H,1-2H3,(H,25,27)/b24-18-. The monoisotopic (exact) mass is 373 g/mol. The molecule has 136 valence electrons. The molecule has 0 aromatic heterocycles. The second-order valence-electron chi connectivity index (χ2n) is 6.49. The lowest BCUT2D eigenvalue weighted by Crippen LogP contribution is -2.46. The van der Waals surface area contributed by atoms with E-state index in [-0.39, 0.29) is 0 Å². The fourth-order valence-electron chi connectivity index (χ4n) is 3.14. The van der Waals surface area contributed by atoms with E-state index in [0.717, 1.165) is 16.7 Å². The van der Waals surface area contributed by atoms with Crippen LogP contribution in [0.15, 0.2) is 96.0 Å². The molecule has 0 amide bonds. The van der Waals surface area contributed by atoms with Crippen molar-refractivity contribution in [3.05, 3.63) is 108 Å². The van der Waals surface area contributed by atoms with Crippen LogP contribution < -0.4 is 5.32 Å². The maximum absolute atomic E-state index is 5.58. The Morgan fingerprint density at radius 2 is 1.15 bits per heavy atom. The highest BCUT2D eigenvalue weighted by Crippen LogP contribution is 2.36. The number of rotatable bonds is 5. The molecule has 3 aromatic carbocycles. The van der Waals surface area contributed by atoms with Gasteiger partial charge < -0.3 is 10.2 Å². The van der Waals surface area contributed by atoms with Crippen LogP contribution in [0.2, 0.25) is 0 Å². The molecule has 0 radical (unpaired) electrons. The zero-order chi connectivity index (χ0) is 19.1. The van der Waals surface area contributed by atoms with Gasteiger partial charge in [0.1, 0.15) is 5.54 Å². The molecule has 0 atom stereocenters. The van der Waals surface area contributed by atoms with E-state index >= 15 is 0 Å². The number of thiocarbonyl (C=S) groups is 1. The molecule has 0 bridgehead atoms. The predicted molar refractivity (Wildman–Crippen MR) is 117 cm³/mol. The minimum atomic E-state index is -0.634. The van der Waals surface area contributed by atoms with Crippen LogP contribution in [0.25, 0.3) is 0 Å². The maximum atomic E-state index is 5.58. The summed E-state index contributed by atoms with van der Waals surface area (Å²) in [7, 11) is 3.84. The Hall–Kier alpha value is -2.98. The van der Waals surface area contributed by atoms with E-state index in [1.165, 1.54) is 0 Å². The normalized spacial score (nSPS) is 11.3. The van der Waals surface area contributed by atoms with Crippen LogP contribution in [0.3, 0.4) is 0 Å². The SMILES string of the molecule is CN(C)/C=N\C(=S)NC(c1ccccc1)(c1ccccc1)c1ccccc1. The van der Waals surface area contributed by atoms with E-state index in [1.54, 1.807) is 6.34 Å². The van der Waals surface area contributed by atoms with E-state index in [0.29, 0.717) is 5.11 Å². The molecule has 0 unspecified atom stereocenters. The van der Waals surface area contributed by atoms with Gasteiger partial charge in [0.15, 0.2) is 5.11 Å². The number of hydrogen-bond donors (Lipinski definition) is 1. The average Bonchev–Trinajstić information content (AvgIpc) is 2.72. The van der Waals surface area contributed by atoms with Crippen molar-refractivity contribution in [2.45, 2.75) is 5.54 Å². The van der Waals surface area contributed by atoms with Crippen LogP contribution in [0.4, 0.5) is 0 Å². The summed E-state index contributed by atoms with van der Waals surface area (Å²) in [5, 5.41) is 3.97. The van der Waals surface area contributed by atoms with Gasteiger partial charge in [0.05, 0.1) is 6.34 Å². The van der Waals surface area contributed by atoms with Crippen LogP contribution in [-0.2, 0) is 5.54 Å². The second kappa shape index (κ2) is 8.60. The van der Waals surface area contributed by atoms with Crippen molar-refractivity contribution < 1.29 is 0 Å². The number of aliphatic imine (C=N–C) groups is 1. The topological polar surface area (TPSA) is 27.6 Å². The fourth-order valence-corrected chi connectivity index (χ4v) is 3.34. The molecule has 0 saturated carbocycles. The lowest BCUT2D eigenvalue weighted by atomic mass is 9.77. The van der Waals surface area contributed by atoms with Crippen molar-refractivity contribution >= 4 is 23.7 Å². The molecule has 0 heterocycles. The largest absolute Gasteiger partial charge is 0.369 e. The number of benzene rings is 3. The van der Waals surface area contributed by atoms with Gasteiger partial charge in [0, 0.05) is 14.1 Å². The van der Waals surface area contributed by atoms with Gasteiger partial charge in [0.25, 0.3) is 0 Å². The Bertz CT molecular complexity index is 794. The molecule has 3 nitrogen and oxygen atoms in total. The van der Waals surface area contributed by atoms with Crippen molar-refractivity contribution in [1.29, 1.82) is 0 Å². The molecular formula is C23H23N3S. The minimum absolute atomic E-state index is 0.431. The van der Waals surface area contributed by atoms with Gasteiger partial charge in [-0.15, -0.1) is 0 Å². The molecule has 3 aromatic rings. The van der Waals surface area contributed by atoms with Crippen molar-refractivity contribution in [3.63, 3.8) is 0 Å². The Kier molecular flexibility index (Phi) is 5.99. The summed E-state index contributed by atoms with van der Waals surface area (Å²) < 4.78 is 0. The van der Waals surface area contributed by atoms with E-state index in [1.807, 2.05) is 73.6 Å². The molecule has 0 aliphatic rings. The van der Waals surface area contributed by atoms with E-state index < -0.39 is 5.54 Å². The first-order valence-corrected chi connectivity index (χ1v) is 9.23. The third kappa shape index (κ3) is 4.23. The van der Waals surface area contributed by atoms with Crippen molar-refractivity contribution in [3.8, 4) is 0 Å². The average molecular weight is 374 g/mol. The van der Waals surface area contributed by atoms with Crippen molar-refractivity contribution in [2.75, 3.05) is 14.1 Å². The van der Waals surface area contributed by atoms with Gasteiger partial charge >= 0.3 is 0 Å². The van der Waals surface area contributed by atoms with Crippen LogP contribution >= 0.6 is 12.2 Å². The van der Waals surface area contributed by atoms with Crippen LogP contribution in [0, 0.1) is 0 Å². The van der Waals surface area contributed by atoms with Crippen LogP contribution in [0.1, 0.15) is 16.7 Å². The molecule has 27 heavy (non-hydrogen) atoms. The Morgan fingerprint density at radius 3 is 1.48 bits per heavy atom. The molecule has 4 heteroatoms. The highest BCUT2D eigenvalue weighted by atomic mass is 32.1. The van der Waals surface area contributed by atoms with Gasteiger partial charge in [-0.1, -0.05) is 91.0 Å². The summed E-state index contributed by atoms with van der Waals surface area (Å²) in [5.41, 5.74) is 2.67. The third-order valence-electron chi connectivity index (χ3n) is 4.32. The molecule has 0 aliphatic heterocycles. The van der Waals surface area contributed by atoms with E-state index in [9.17, 15) is 0 Å². The quantitative estimate of drug-likeness (QED) is 0.310. The Labute approximate surface area is 166 Å². The highest BCUT2D eigenvalue weighted by molar-refractivity contribution is 7.80. The molecular weight excluding hydrogens is 350 g/mol. The fraction of sp³-hybridized carbons (Fsp3) is 0.130. The molecule has 0 saturated heterocycles. The minimum Gasteiger partial charge on any atom is -0.369 e. The lowest BCUT2D eigenvalue weighted by Gasteiger charge is -2.37. The van der Waals surface area contributed by atoms with Crippen molar-refractivity contribution in [1.82, 2.24) is 10.2 Å². The number of nitrogens with zero attached hydrogens (tertiary/aromatic N) is 2. The maximum Gasteiger partial charge on any atom is 0.195 e. The van der Waals surface area contributed by atoms with Crippen LogP contribution in [-0.4, -0.2) is 30.4 Å². The zero-order valence-electron chi connectivity index (χ0n) is 15.5. The number of hydrogen-bond acceptors (Lipinski definition) is 1. The summed E-state index contributed by atoms with van der Waals surface area (Å²) in [6.45, 7) is 0. The smallest absolute Gasteiger partial charge is 0.195 e. The second-order valence-corrected chi connectivity index (χ2v) is 6.87. The lowest BCUT2D eigenvalue weighted by molar-refractivity contribution is 0.575. The highest BCUT2D eigenvalue weighted by Gasteiger charge is 2.36. The van der Waals surface area contributed by atoms with Gasteiger partial charge in [0.2, 0.25) is 0 Å². The first kappa shape index (κ1) is 18.8. The zero-order valence-corrected chi connectivity index (χ0v) is 16.4. The summed E-state index contributed by atoms with van der Waals surface area (Å²) in [6.07, 6.45) is 1.71. The molecule has 0 aliphatic carbocycles. The molecule has 0 fully saturated rings. The Morgan fingerprint density at radius 1 is 0.778 bits per heavy atom. The summed E-state index contributed by atoms with van der Waals surface area (Å²) in [4.78, 5) is 6.27. The predicted octanol–water partition coefficient (Wildman–Crippen LogP) is 4.44. The molecule has 3 rings (SSSR count). The van der Waals surface area contributed by atoms with Gasteiger partial charge in [-0.2, -0.15) is 0 Å². The van der Waals surface area contributed by atoms with E-state index in [2.05, 4.69) is 46.7 Å². The number of nitrogens with one attached hydrogen (secondary N) is 1. The summed E-state index contributed by atoms with van der Waals surface area (Å²) in [5.74, 6) is 0. The first-order valence-electron chi connectivity index (χ1n) is 8.82. The Balaban J connectivity index is 2.21. The van der Waals surface area contributed by atoms with Crippen LogP contribution in [0.5, 0.6) is 0 Å². The summed E-state index contributed by atoms with van der Waals surface area (Å²) >= 11 is 5.58. The van der Waals surface area contributed by atoms with E-state index in [4.69, 9.17) is 12.2 Å². The molecule has 0 spiro atoms. The molecule has 1 N–H and O–H groups in total. The third-order valence-corrected chi connectivity index (χ3v) is 4.53.